The molecule has 23 heavy (non-hydrogen) atoms. The molecule has 0 spiro atoms. The normalized spacial score (nSPS) is 12.6. The van der Waals surface area contributed by atoms with Crippen molar-refractivity contribution in [2.45, 2.75) is 9.96 Å². The van der Waals surface area contributed by atoms with Crippen molar-refractivity contribution in [3.05, 3.63) is 64.1 Å². The number of hydrogen-bond donors (Lipinski definition) is 2. The Hall–Kier alpha value is -0.840. The average molecular weight is 413 g/mol. The third kappa shape index (κ3) is 5.63. The van der Waals surface area contributed by atoms with Crippen LogP contribution >= 0.6 is 58.0 Å². The van der Waals surface area contributed by atoms with Gasteiger partial charge in [-0.2, -0.15) is 0 Å². The van der Waals surface area contributed by atoms with Crippen LogP contribution < -0.4 is 10.6 Å². The summed E-state index contributed by atoms with van der Waals surface area (Å²) in [6.45, 7) is 0. The first kappa shape index (κ1) is 18.5. The number of hydrogen-bond acceptors (Lipinski definition) is 2. The summed E-state index contributed by atoms with van der Waals surface area (Å²) in [6, 6.07) is 13.1. The second-order valence-corrected chi connectivity index (χ2v) is 7.85. The summed E-state index contributed by atoms with van der Waals surface area (Å²) in [5, 5.41) is 6.68. The van der Waals surface area contributed by atoms with Crippen LogP contribution in [0.5, 0.6) is 0 Å². The van der Waals surface area contributed by atoms with E-state index in [0.717, 1.165) is 0 Å². The van der Waals surface area contributed by atoms with Crippen molar-refractivity contribution >= 4 is 69.6 Å². The van der Waals surface area contributed by atoms with Crippen molar-refractivity contribution in [2.24, 2.45) is 0 Å². The smallest absolute Gasteiger partial charge is 0.252 e. The number of carbonyl (C=O) groups is 1. The lowest BCUT2D eigenvalue weighted by Gasteiger charge is -2.27. The Morgan fingerprint density at radius 3 is 1.83 bits per heavy atom. The van der Waals surface area contributed by atoms with E-state index in [-0.39, 0.29) is 0 Å². The second-order valence-electron chi connectivity index (χ2n) is 4.61. The molecular weight excluding hydrogens is 401 g/mol. The highest BCUT2D eigenvalue weighted by Gasteiger charge is 2.34. The maximum absolute atomic E-state index is 12.3. The number of anilines is 1. The molecular formula is C15H11Cl5N2O. The van der Waals surface area contributed by atoms with E-state index in [4.69, 9.17) is 58.0 Å². The predicted octanol–water partition coefficient (Wildman–Crippen LogP) is 5.53. The van der Waals surface area contributed by atoms with E-state index in [1.807, 2.05) is 0 Å². The van der Waals surface area contributed by atoms with Crippen LogP contribution in [0.2, 0.25) is 10.0 Å². The van der Waals surface area contributed by atoms with E-state index in [0.29, 0.717) is 21.3 Å². The zero-order valence-electron chi connectivity index (χ0n) is 11.5. The molecule has 8 heteroatoms. The van der Waals surface area contributed by atoms with E-state index in [9.17, 15) is 4.79 Å². The predicted molar refractivity (Wildman–Crippen MR) is 98.1 cm³/mol. The lowest BCUT2D eigenvalue weighted by molar-refractivity contribution is 0.0942. The minimum absolute atomic E-state index is 0.395. The Bertz CT molecular complexity index is 668. The fraction of sp³-hybridized carbons (Fsp3) is 0.133. The van der Waals surface area contributed by atoms with Crippen LogP contribution in [0.3, 0.4) is 0 Å². The van der Waals surface area contributed by atoms with Gasteiger partial charge in [0, 0.05) is 21.3 Å². The summed E-state index contributed by atoms with van der Waals surface area (Å²) in [7, 11) is 0. The molecule has 0 aliphatic carbocycles. The van der Waals surface area contributed by atoms with Gasteiger partial charge in [-0.15, -0.1) is 0 Å². The molecule has 1 amide bonds. The van der Waals surface area contributed by atoms with Crippen molar-refractivity contribution in [3.8, 4) is 0 Å². The Morgan fingerprint density at radius 2 is 1.35 bits per heavy atom. The summed E-state index contributed by atoms with van der Waals surface area (Å²) < 4.78 is -1.76. The Kier molecular flexibility index (Phi) is 6.29. The van der Waals surface area contributed by atoms with Crippen molar-refractivity contribution < 1.29 is 4.79 Å². The lowest BCUT2D eigenvalue weighted by atomic mass is 10.2. The van der Waals surface area contributed by atoms with Crippen LogP contribution in [0, 0.1) is 0 Å². The van der Waals surface area contributed by atoms with Crippen LogP contribution in [0.1, 0.15) is 10.4 Å². The van der Waals surface area contributed by atoms with Crippen LogP contribution in [0.4, 0.5) is 5.69 Å². The monoisotopic (exact) mass is 410 g/mol. The van der Waals surface area contributed by atoms with E-state index < -0.39 is 15.9 Å². The zero-order valence-corrected chi connectivity index (χ0v) is 15.3. The molecule has 0 saturated carbocycles. The Morgan fingerprint density at radius 1 is 0.870 bits per heavy atom. The van der Waals surface area contributed by atoms with Gasteiger partial charge in [0.2, 0.25) is 3.79 Å². The summed E-state index contributed by atoms with van der Waals surface area (Å²) in [4.78, 5) is 12.3. The number of alkyl halides is 3. The van der Waals surface area contributed by atoms with Crippen LogP contribution in [-0.4, -0.2) is 15.9 Å². The lowest BCUT2D eigenvalue weighted by Crippen LogP contribution is -2.49. The number of halogens is 5. The zero-order chi connectivity index (χ0) is 17.0. The molecule has 0 aliphatic heterocycles. The number of nitrogens with one attached hydrogen (secondary N) is 2. The first-order valence-electron chi connectivity index (χ1n) is 6.41. The van der Waals surface area contributed by atoms with E-state index >= 15 is 0 Å². The maximum atomic E-state index is 12.3. The molecule has 2 aromatic carbocycles. The van der Waals surface area contributed by atoms with Gasteiger partial charge < -0.3 is 10.6 Å². The van der Waals surface area contributed by atoms with Gasteiger partial charge in [0.1, 0.15) is 6.17 Å². The third-order valence-electron chi connectivity index (χ3n) is 2.86. The molecule has 0 bridgehead atoms. The van der Waals surface area contributed by atoms with Gasteiger partial charge in [-0.1, -0.05) is 58.0 Å². The van der Waals surface area contributed by atoms with E-state index in [1.54, 1.807) is 48.5 Å². The molecule has 122 valence electrons. The molecule has 0 aliphatic rings. The molecule has 0 heterocycles. The molecule has 0 radical (unpaired) electrons. The van der Waals surface area contributed by atoms with Crippen molar-refractivity contribution in [3.63, 3.8) is 0 Å². The molecule has 2 aromatic rings. The molecule has 0 unspecified atom stereocenters. The van der Waals surface area contributed by atoms with Gasteiger partial charge >= 0.3 is 0 Å². The average Bonchev–Trinajstić information content (AvgIpc) is 2.48. The third-order valence-corrected chi connectivity index (χ3v) is 4.02. The quantitative estimate of drug-likeness (QED) is 0.512. The molecule has 3 nitrogen and oxygen atoms in total. The number of rotatable bonds is 4. The largest absolute Gasteiger partial charge is 0.362 e. The van der Waals surface area contributed by atoms with Gasteiger partial charge in [0.05, 0.1) is 0 Å². The first-order chi connectivity index (χ1) is 10.8. The SMILES string of the molecule is O=C(N[C@@H](Nc1ccc(Cl)cc1)C(Cl)(Cl)Cl)c1ccc(Cl)cc1. The Balaban J connectivity index is 2.14. The van der Waals surface area contributed by atoms with Gasteiger partial charge in [0.25, 0.3) is 5.91 Å². The van der Waals surface area contributed by atoms with Crippen molar-refractivity contribution in [1.29, 1.82) is 0 Å². The Labute approximate surface area is 158 Å². The van der Waals surface area contributed by atoms with Gasteiger partial charge in [-0.3, -0.25) is 4.79 Å². The highest BCUT2D eigenvalue weighted by Crippen LogP contribution is 2.31. The van der Waals surface area contributed by atoms with Gasteiger partial charge in [0.15, 0.2) is 0 Å². The van der Waals surface area contributed by atoms with Crippen LogP contribution in [0.25, 0.3) is 0 Å². The van der Waals surface area contributed by atoms with E-state index in [2.05, 4.69) is 10.6 Å². The molecule has 1 atom stereocenters. The number of carbonyl (C=O) groups excluding carboxylic acids is 1. The summed E-state index contributed by atoms with van der Waals surface area (Å²) >= 11 is 29.5. The minimum atomic E-state index is -1.76. The van der Waals surface area contributed by atoms with E-state index in [1.165, 1.54) is 0 Å². The molecule has 2 N–H and O–H groups in total. The molecule has 0 aromatic heterocycles. The van der Waals surface area contributed by atoms with Crippen LogP contribution in [0.15, 0.2) is 48.5 Å². The molecule has 0 fully saturated rings. The summed E-state index contributed by atoms with van der Waals surface area (Å²) in [5.41, 5.74) is 1.04. The standard InChI is InChI=1S/C15H11Cl5N2O/c16-10-3-1-9(2-4-10)13(23)22-14(15(18,19)20)21-12-7-5-11(17)6-8-12/h1-8,14,21H,(H,22,23)/t14-/m1/s1. The highest BCUT2D eigenvalue weighted by molar-refractivity contribution is 6.68. The van der Waals surface area contributed by atoms with Gasteiger partial charge in [-0.05, 0) is 48.5 Å². The molecule has 0 saturated heterocycles. The maximum Gasteiger partial charge on any atom is 0.252 e. The number of benzene rings is 2. The van der Waals surface area contributed by atoms with Gasteiger partial charge in [-0.25, -0.2) is 0 Å². The first-order valence-corrected chi connectivity index (χ1v) is 8.30. The molecule has 2 rings (SSSR count). The number of amides is 1. The minimum Gasteiger partial charge on any atom is -0.362 e. The van der Waals surface area contributed by atoms with Crippen molar-refractivity contribution in [1.82, 2.24) is 5.32 Å². The summed E-state index contributed by atoms with van der Waals surface area (Å²) in [6.07, 6.45) is -0.947. The summed E-state index contributed by atoms with van der Waals surface area (Å²) in [5.74, 6) is -0.403. The fourth-order valence-electron chi connectivity index (χ4n) is 1.73. The van der Waals surface area contributed by atoms with Crippen LogP contribution in [-0.2, 0) is 0 Å². The highest BCUT2D eigenvalue weighted by atomic mass is 35.6. The fourth-order valence-corrected chi connectivity index (χ4v) is 2.31. The topological polar surface area (TPSA) is 41.1 Å². The van der Waals surface area contributed by atoms with Crippen molar-refractivity contribution in [2.75, 3.05) is 5.32 Å². The second kappa shape index (κ2) is 7.82.